The first-order valence-corrected chi connectivity index (χ1v) is 12.0. The second-order valence-corrected chi connectivity index (χ2v) is 9.16. The third-order valence-corrected chi connectivity index (χ3v) is 6.75. The molecular weight excluding hydrogens is 454 g/mol. The maximum Gasteiger partial charge on any atom is 0.251 e. The van der Waals surface area contributed by atoms with Crippen LogP contribution in [0.1, 0.15) is 22.0 Å². The van der Waals surface area contributed by atoms with Crippen molar-refractivity contribution in [1.82, 2.24) is 15.1 Å². The number of piperazine rings is 1. The molecule has 182 valence electrons. The minimum atomic E-state index is -0.102. The van der Waals surface area contributed by atoms with Gasteiger partial charge in [0.15, 0.2) is 0 Å². The van der Waals surface area contributed by atoms with E-state index in [1.54, 1.807) is 13.1 Å². The smallest absolute Gasteiger partial charge is 0.251 e. The number of likely N-dealkylation sites (N-methyl/N-ethyl adjacent to an activating group) is 1. The van der Waals surface area contributed by atoms with Crippen LogP contribution in [0.2, 0.25) is 5.02 Å². The fraction of sp³-hybridized carbons (Fsp3) is 0.440. The van der Waals surface area contributed by atoms with Crippen molar-refractivity contribution in [3.63, 3.8) is 0 Å². The number of benzene rings is 2. The van der Waals surface area contributed by atoms with Crippen molar-refractivity contribution in [3.8, 4) is 0 Å². The van der Waals surface area contributed by atoms with Crippen LogP contribution in [-0.4, -0.2) is 88.2 Å². The van der Waals surface area contributed by atoms with Crippen LogP contribution in [0.4, 0.5) is 11.4 Å². The van der Waals surface area contributed by atoms with Gasteiger partial charge in [0.2, 0.25) is 5.91 Å². The molecule has 2 aromatic rings. The van der Waals surface area contributed by atoms with E-state index in [0.717, 1.165) is 37.4 Å². The number of ether oxygens (including phenoxy) is 1. The number of hydrogen-bond donors (Lipinski definition) is 2. The molecule has 2 aliphatic heterocycles. The predicted molar refractivity (Wildman–Crippen MR) is 135 cm³/mol. The first-order valence-electron chi connectivity index (χ1n) is 11.6. The standard InChI is InChI=1S/C25H32ClN5O3/c1-27-25(33)19-5-3-4-18(14-19)23-16-30(9-8-29(23)2)17-24(32)28-20-6-7-22(21(26)15-20)31-10-12-34-13-11-31/h3-7,14-15,23H,8-13,16-17H2,1-2H3,(H,27,33)(H,28,32)/t23-/m0/s1. The average Bonchev–Trinajstić information content (AvgIpc) is 2.85. The molecule has 2 heterocycles. The van der Waals surface area contributed by atoms with Crippen LogP contribution in [0.5, 0.6) is 0 Å². The third kappa shape index (κ3) is 5.88. The number of hydrogen-bond acceptors (Lipinski definition) is 6. The van der Waals surface area contributed by atoms with E-state index in [0.29, 0.717) is 42.6 Å². The maximum atomic E-state index is 12.8. The molecule has 0 spiro atoms. The summed E-state index contributed by atoms with van der Waals surface area (Å²) in [5.41, 5.74) is 3.36. The van der Waals surface area contributed by atoms with Gasteiger partial charge < -0.3 is 20.3 Å². The van der Waals surface area contributed by atoms with E-state index >= 15 is 0 Å². The number of carbonyl (C=O) groups is 2. The van der Waals surface area contributed by atoms with Crippen molar-refractivity contribution in [2.75, 3.05) is 76.8 Å². The quantitative estimate of drug-likeness (QED) is 0.654. The van der Waals surface area contributed by atoms with Crippen molar-refractivity contribution in [1.29, 1.82) is 0 Å². The van der Waals surface area contributed by atoms with Gasteiger partial charge in [0.1, 0.15) is 0 Å². The van der Waals surface area contributed by atoms with Crippen LogP contribution in [-0.2, 0) is 9.53 Å². The third-order valence-electron chi connectivity index (χ3n) is 6.44. The number of carbonyl (C=O) groups excluding carboxylic acids is 2. The Balaban J connectivity index is 1.37. The summed E-state index contributed by atoms with van der Waals surface area (Å²) in [6, 6.07) is 13.4. The molecule has 0 radical (unpaired) electrons. The summed E-state index contributed by atoms with van der Waals surface area (Å²) in [4.78, 5) is 31.4. The summed E-state index contributed by atoms with van der Waals surface area (Å²) in [6.45, 7) is 5.63. The van der Waals surface area contributed by atoms with Crippen molar-refractivity contribution >= 4 is 34.8 Å². The van der Waals surface area contributed by atoms with Gasteiger partial charge >= 0.3 is 0 Å². The predicted octanol–water partition coefficient (Wildman–Crippen LogP) is 2.46. The topological polar surface area (TPSA) is 77.2 Å². The molecule has 0 aromatic heterocycles. The highest BCUT2D eigenvalue weighted by atomic mass is 35.5. The highest BCUT2D eigenvalue weighted by Crippen LogP contribution is 2.30. The van der Waals surface area contributed by atoms with Gasteiger partial charge in [0, 0.05) is 57.1 Å². The number of nitrogens with zero attached hydrogens (tertiary/aromatic N) is 3. The van der Waals surface area contributed by atoms with Crippen molar-refractivity contribution in [3.05, 3.63) is 58.6 Å². The van der Waals surface area contributed by atoms with Crippen molar-refractivity contribution in [2.24, 2.45) is 0 Å². The molecule has 2 N–H and O–H groups in total. The van der Waals surface area contributed by atoms with Gasteiger partial charge in [-0.1, -0.05) is 23.7 Å². The van der Waals surface area contributed by atoms with E-state index in [1.165, 1.54) is 0 Å². The Labute approximate surface area is 205 Å². The van der Waals surface area contributed by atoms with Crippen LogP contribution in [0.3, 0.4) is 0 Å². The second kappa shape index (κ2) is 11.2. The number of nitrogens with one attached hydrogen (secondary N) is 2. The molecule has 0 aliphatic carbocycles. The number of morpholine rings is 1. The van der Waals surface area contributed by atoms with Crippen LogP contribution in [0.15, 0.2) is 42.5 Å². The zero-order chi connectivity index (χ0) is 24.1. The van der Waals surface area contributed by atoms with E-state index in [2.05, 4.69) is 32.4 Å². The highest BCUT2D eigenvalue weighted by molar-refractivity contribution is 6.33. The van der Waals surface area contributed by atoms with E-state index in [4.69, 9.17) is 16.3 Å². The lowest BCUT2D eigenvalue weighted by molar-refractivity contribution is -0.118. The SMILES string of the molecule is CNC(=O)c1cccc([C@@H]2CN(CC(=O)Nc3ccc(N4CCOCC4)c(Cl)c3)CCN2C)c1. The fourth-order valence-electron chi connectivity index (χ4n) is 4.51. The highest BCUT2D eigenvalue weighted by Gasteiger charge is 2.27. The summed E-state index contributed by atoms with van der Waals surface area (Å²) >= 11 is 6.51. The van der Waals surface area contributed by atoms with E-state index in [9.17, 15) is 9.59 Å². The van der Waals surface area contributed by atoms with Gasteiger partial charge in [-0.3, -0.25) is 19.4 Å². The van der Waals surface area contributed by atoms with E-state index in [1.807, 2.05) is 36.4 Å². The molecule has 34 heavy (non-hydrogen) atoms. The summed E-state index contributed by atoms with van der Waals surface area (Å²) < 4.78 is 5.41. The van der Waals surface area contributed by atoms with Gasteiger partial charge in [-0.15, -0.1) is 0 Å². The van der Waals surface area contributed by atoms with Gasteiger partial charge in [-0.05, 0) is 42.9 Å². The molecule has 0 saturated carbocycles. The molecule has 0 bridgehead atoms. The molecule has 4 rings (SSSR count). The zero-order valence-corrected chi connectivity index (χ0v) is 20.5. The Morgan fingerprint density at radius 1 is 1.09 bits per heavy atom. The molecule has 8 nitrogen and oxygen atoms in total. The van der Waals surface area contributed by atoms with Crippen molar-refractivity contribution in [2.45, 2.75) is 6.04 Å². The van der Waals surface area contributed by atoms with Crippen LogP contribution >= 0.6 is 11.6 Å². The van der Waals surface area contributed by atoms with Crippen LogP contribution < -0.4 is 15.5 Å². The largest absolute Gasteiger partial charge is 0.378 e. The zero-order valence-electron chi connectivity index (χ0n) is 19.7. The Kier molecular flexibility index (Phi) is 8.05. The second-order valence-electron chi connectivity index (χ2n) is 8.75. The first-order chi connectivity index (χ1) is 16.4. The van der Waals surface area contributed by atoms with Crippen molar-refractivity contribution < 1.29 is 14.3 Å². The minimum absolute atomic E-state index is 0.0717. The summed E-state index contributed by atoms with van der Waals surface area (Å²) in [6.07, 6.45) is 0. The average molecular weight is 486 g/mol. The lowest BCUT2D eigenvalue weighted by atomic mass is 10.00. The Bertz CT molecular complexity index is 1030. The fourth-order valence-corrected chi connectivity index (χ4v) is 4.81. The van der Waals surface area contributed by atoms with E-state index in [-0.39, 0.29) is 17.9 Å². The van der Waals surface area contributed by atoms with Gasteiger partial charge in [-0.2, -0.15) is 0 Å². The Morgan fingerprint density at radius 3 is 2.62 bits per heavy atom. The molecule has 2 amide bonds. The maximum absolute atomic E-state index is 12.8. The normalized spacial score (nSPS) is 19.6. The number of amides is 2. The number of anilines is 2. The summed E-state index contributed by atoms with van der Waals surface area (Å²) in [5, 5.41) is 6.28. The van der Waals surface area contributed by atoms with Crippen LogP contribution in [0, 0.1) is 0 Å². The summed E-state index contributed by atoms with van der Waals surface area (Å²) in [5.74, 6) is -0.174. The molecule has 9 heteroatoms. The van der Waals surface area contributed by atoms with Gasteiger partial charge in [-0.25, -0.2) is 0 Å². The Morgan fingerprint density at radius 2 is 1.88 bits per heavy atom. The lowest BCUT2D eigenvalue weighted by Gasteiger charge is -2.39. The number of rotatable bonds is 6. The molecular formula is C25H32ClN5O3. The lowest BCUT2D eigenvalue weighted by Crippen LogP contribution is -2.48. The summed E-state index contributed by atoms with van der Waals surface area (Å²) in [7, 11) is 3.71. The molecule has 2 saturated heterocycles. The Hall–Kier alpha value is -2.65. The van der Waals surface area contributed by atoms with Crippen LogP contribution in [0.25, 0.3) is 0 Å². The number of halogens is 1. The molecule has 2 aromatic carbocycles. The molecule has 0 unspecified atom stereocenters. The van der Waals surface area contributed by atoms with Gasteiger partial charge in [0.25, 0.3) is 5.91 Å². The minimum Gasteiger partial charge on any atom is -0.378 e. The van der Waals surface area contributed by atoms with Gasteiger partial charge in [0.05, 0.1) is 30.5 Å². The molecule has 2 aliphatic rings. The molecule has 2 fully saturated rings. The first kappa shape index (κ1) is 24.5. The molecule has 1 atom stereocenters. The van der Waals surface area contributed by atoms with E-state index < -0.39 is 0 Å². The monoisotopic (exact) mass is 485 g/mol.